The molecule has 188 valence electrons. The van der Waals surface area contributed by atoms with Crippen molar-refractivity contribution in [1.29, 1.82) is 0 Å². The van der Waals surface area contributed by atoms with Gasteiger partial charge in [0, 0.05) is 29.4 Å². The van der Waals surface area contributed by atoms with Gasteiger partial charge < -0.3 is 30.5 Å². The molecule has 2 heterocycles. The summed E-state index contributed by atoms with van der Waals surface area (Å²) >= 11 is 12.5. The van der Waals surface area contributed by atoms with E-state index in [9.17, 15) is 4.79 Å². The van der Waals surface area contributed by atoms with Crippen LogP contribution in [-0.2, 0) is 9.53 Å². The number of rotatable bonds is 10. The van der Waals surface area contributed by atoms with Gasteiger partial charge in [-0.15, -0.1) is 0 Å². The average molecular weight is 530 g/mol. The lowest BCUT2D eigenvalue weighted by Gasteiger charge is -2.13. The first-order valence-electron chi connectivity index (χ1n) is 11.3. The van der Waals surface area contributed by atoms with Crippen LogP contribution in [0, 0.1) is 0 Å². The fraction of sp³-hybridized carbons (Fsp3) is 0.240. The Bertz CT molecular complexity index is 1250. The number of aliphatic hydroxyl groups excluding tert-OH is 1. The molecule has 3 aromatic rings. The summed E-state index contributed by atoms with van der Waals surface area (Å²) < 4.78 is 11.0. The molecule has 4 rings (SSSR count). The number of hydrogen-bond donors (Lipinski definition) is 4. The van der Waals surface area contributed by atoms with Gasteiger partial charge in [-0.05, 0) is 48.9 Å². The fourth-order valence-corrected chi connectivity index (χ4v) is 3.89. The first-order chi connectivity index (χ1) is 17.5. The first kappa shape index (κ1) is 25.7. The molecule has 0 bridgehead atoms. The van der Waals surface area contributed by atoms with E-state index >= 15 is 0 Å². The predicted molar refractivity (Wildman–Crippen MR) is 140 cm³/mol. The molecule has 0 spiro atoms. The number of nitrogens with one attached hydrogen (secondary N) is 3. The van der Waals surface area contributed by atoms with E-state index in [2.05, 4.69) is 25.9 Å². The van der Waals surface area contributed by atoms with Gasteiger partial charge in [0.1, 0.15) is 29.5 Å². The van der Waals surface area contributed by atoms with Crippen molar-refractivity contribution in [2.75, 3.05) is 43.5 Å². The average Bonchev–Trinajstić information content (AvgIpc) is 3.09. The molecule has 2 aromatic carbocycles. The lowest BCUT2D eigenvalue weighted by Crippen LogP contribution is -2.29. The minimum Gasteiger partial charge on any atom is -0.456 e. The summed E-state index contributed by atoms with van der Waals surface area (Å²) in [5.74, 6) is 2.00. The molecule has 36 heavy (non-hydrogen) atoms. The zero-order valence-corrected chi connectivity index (χ0v) is 20.8. The summed E-state index contributed by atoms with van der Waals surface area (Å²) in [5.41, 5.74) is 1.93. The van der Waals surface area contributed by atoms with E-state index in [0.717, 1.165) is 0 Å². The van der Waals surface area contributed by atoms with E-state index in [1.807, 2.05) is 6.07 Å². The predicted octanol–water partition coefficient (Wildman–Crippen LogP) is 4.64. The molecule has 1 aliphatic heterocycles. The van der Waals surface area contributed by atoms with Crippen molar-refractivity contribution in [2.24, 2.45) is 0 Å². The molecule has 0 atom stereocenters. The van der Waals surface area contributed by atoms with Gasteiger partial charge in [0.25, 0.3) is 0 Å². The third kappa shape index (κ3) is 6.86. The Morgan fingerprint density at radius 3 is 2.83 bits per heavy atom. The van der Waals surface area contributed by atoms with Gasteiger partial charge in [-0.2, -0.15) is 0 Å². The number of halogens is 2. The number of aromatic nitrogens is 2. The minimum atomic E-state index is -0.197. The van der Waals surface area contributed by atoms with Crippen LogP contribution in [0.25, 0.3) is 6.08 Å². The number of carbonyl (C=O) groups is 1. The lowest BCUT2D eigenvalue weighted by atomic mass is 10.1. The van der Waals surface area contributed by atoms with Gasteiger partial charge in [-0.3, -0.25) is 4.79 Å². The van der Waals surface area contributed by atoms with Crippen LogP contribution in [0.4, 0.5) is 17.3 Å². The van der Waals surface area contributed by atoms with Crippen LogP contribution in [0.5, 0.6) is 11.5 Å². The highest BCUT2D eigenvalue weighted by Crippen LogP contribution is 2.34. The number of amides is 1. The topological polar surface area (TPSA) is 118 Å². The molecule has 1 amide bonds. The monoisotopic (exact) mass is 529 g/mol. The third-order valence-electron chi connectivity index (χ3n) is 5.17. The molecule has 0 unspecified atom stereocenters. The highest BCUT2D eigenvalue weighted by Gasteiger charge is 2.18. The Hall–Kier alpha value is -3.37. The molecule has 0 saturated heterocycles. The van der Waals surface area contributed by atoms with Gasteiger partial charge in [0.15, 0.2) is 0 Å². The molecule has 0 aliphatic carbocycles. The standard InChI is InChI=1S/C25H25Cl2N5O4/c26-17-2-1-3-19(13-17)36-22-5-4-18(14-21(22)27)32-24-20-12-16(6-7-28-23(20)30-15-31-24)25(34)29-8-10-35-11-9-33/h1-5,12-15,33H,6-11H2,(H,29,34)(H2,28,30,31,32). The summed E-state index contributed by atoms with van der Waals surface area (Å²) in [6.45, 7) is 1.39. The Morgan fingerprint density at radius 1 is 1.14 bits per heavy atom. The van der Waals surface area contributed by atoms with Crippen LogP contribution in [0.3, 0.4) is 0 Å². The quantitative estimate of drug-likeness (QED) is 0.280. The smallest absolute Gasteiger partial charge is 0.247 e. The normalized spacial score (nSPS) is 12.6. The van der Waals surface area contributed by atoms with Crippen LogP contribution in [0.1, 0.15) is 12.0 Å². The van der Waals surface area contributed by atoms with Crippen molar-refractivity contribution in [3.63, 3.8) is 0 Å². The zero-order chi connectivity index (χ0) is 25.3. The molecule has 0 radical (unpaired) electrons. The van der Waals surface area contributed by atoms with E-state index in [-0.39, 0.29) is 19.1 Å². The molecule has 9 nitrogen and oxygen atoms in total. The highest BCUT2D eigenvalue weighted by molar-refractivity contribution is 6.32. The Kier molecular flexibility index (Phi) is 8.96. The second-order valence-corrected chi connectivity index (χ2v) is 8.60. The fourth-order valence-electron chi connectivity index (χ4n) is 3.49. The molecule has 0 fully saturated rings. The number of hydrogen-bond acceptors (Lipinski definition) is 8. The van der Waals surface area contributed by atoms with Gasteiger partial charge >= 0.3 is 0 Å². The van der Waals surface area contributed by atoms with Crippen molar-refractivity contribution in [1.82, 2.24) is 15.3 Å². The van der Waals surface area contributed by atoms with Crippen molar-refractivity contribution >= 4 is 52.5 Å². The second-order valence-electron chi connectivity index (χ2n) is 7.75. The maximum absolute atomic E-state index is 12.7. The van der Waals surface area contributed by atoms with Gasteiger partial charge in [-0.25, -0.2) is 9.97 Å². The molecule has 1 aliphatic rings. The van der Waals surface area contributed by atoms with Crippen molar-refractivity contribution in [3.8, 4) is 11.5 Å². The van der Waals surface area contributed by atoms with Gasteiger partial charge in [-0.1, -0.05) is 29.3 Å². The largest absolute Gasteiger partial charge is 0.456 e. The number of benzene rings is 2. The van der Waals surface area contributed by atoms with E-state index in [1.165, 1.54) is 6.33 Å². The van der Waals surface area contributed by atoms with E-state index < -0.39 is 0 Å². The van der Waals surface area contributed by atoms with Crippen molar-refractivity contribution < 1.29 is 19.4 Å². The summed E-state index contributed by atoms with van der Waals surface area (Å²) in [5, 5.41) is 19.1. The Balaban J connectivity index is 1.50. The van der Waals surface area contributed by atoms with E-state index in [1.54, 1.807) is 42.5 Å². The van der Waals surface area contributed by atoms with Crippen LogP contribution in [0.2, 0.25) is 10.0 Å². The maximum atomic E-state index is 12.7. The molecule has 1 aromatic heterocycles. The van der Waals surface area contributed by atoms with Crippen LogP contribution in [-0.4, -0.2) is 53.9 Å². The number of anilines is 3. The van der Waals surface area contributed by atoms with Crippen LogP contribution >= 0.6 is 23.2 Å². The molecular formula is C25H25Cl2N5O4. The van der Waals surface area contributed by atoms with Crippen molar-refractivity contribution in [3.05, 3.63) is 70.0 Å². The number of nitrogens with zero attached hydrogens (tertiary/aromatic N) is 2. The van der Waals surface area contributed by atoms with Crippen molar-refractivity contribution in [2.45, 2.75) is 6.42 Å². The number of carbonyl (C=O) groups excluding carboxylic acids is 1. The summed E-state index contributed by atoms with van der Waals surface area (Å²) in [6, 6.07) is 12.3. The Labute approximate surface area is 218 Å². The third-order valence-corrected chi connectivity index (χ3v) is 5.70. The lowest BCUT2D eigenvalue weighted by molar-refractivity contribution is -0.117. The minimum absolute atomic E-state index is 0.0554. The number of fused-ring (bicyclic) bond motifs is 1. The number of ether oxygens (including phenoxy) is 2. The summed E-state index contributed by atoms with van der Waals surface area (Å²) in [6.07, 6.45) is 3.74. The SMILES string of the molecule is O=C(NCCOCCO)C1=Cc2c(ncnc2Nc2ccc(Oc3cccc(Cl)c3)c(Cl)c2)NCC1. The highest BCUT2D eigenvalue weighted by atomic mass is 35.5. The maximum Gasteiger partial charge on any atom is 0.247 e. The number of aliphatic hydroxyl groups is 1. The zero-order valence-electron chi connectivity index (χ0n) is 19.3. The van der Waals surface area contributed by atoms with Gasteiger partial charge in [0.2, 0.25) is 5.91 Å². The van der Waals surface area contributed by atoms with E-state index in [0.29, 0.717) is 76.1 Å². The van der Waals surface area contributed by atoms with Gasteiger partial charge in [0.05, 0.1) is 30.4 Å². The van der Waals surface area contributed by atoms with Crippen LogP contribution < -0.4 is 20.7 Å². The summed E-state index contributed by atoms with van der Waals surface area (Å²) in [4.78, 5) is 21.4. The molecule has 11 heteroatoms. The molecular weight excluding hydrogens is 505 g/mol. The summed E-state index contributed by atoms with van der Waals surface area (Å²) in [7, 11) is 0. The second kappa shape index (κ2) is 12.5. The Morgan fingerprint density at radius 2 is 2.03 bits per heavy atom. The molecule has 0 saturated carbocycles. The van der Waals surface area contributed by atoms with Crippen LogP contribution in [0.15, 0.2) is 54.4 Å². The van der Waals surface area contributed by atoms with E-state index in [4.69, 9.17) is 37.8 Å². The molecule has 4 N–H and O–H groups in total. The first-order valence-corrected chi connectivity index (χ1v) is 12.1.